The van der Waals surface area contributed by atoms with Gasteiger partial charge in [0.05, 0.1) is 29.4 Å². The highest BCUT2D eigenvalue weighted by atomic mass is 32.2. The Hall–Kier alpha value is -3.54. The Morgan fingerprint density at radius 2 is 1.98 bits per heavy atom. The van der Waals surface area contributed by atoms with E-state index in [2.05, 4.69) is 21.0 Å². The van der Waals surface area contributed by atoms with Gasteiger partial charge in [0.15, 0.2) is 9.84 Å². The highest BCUT2D eigenvalue weighted by Gasteiger charge is 2.47. The van der Waals surface area contributed by atoms with Crippen LogP contribution in [0.4, 0.5) is 32.2 Å². The molecule has 3 aliphatic rings. The second-order valence-electron chi connectivity index (χ2n) is 10.8. The fraction of sp³-hybridized carbons (Fsp3) is 0.462. The second-order valence-corrected chi connectivity index (χ2v) is 14.0. The molecule has 5 rings (SSSR count). The number of benzene rings is 1. The number of allylic oxidation sites excluding steroid dienone is 1. The first kappa shape index (κ1) is 31.9. The molecule has 240 valence electrons. The third-order valence-corrected chi connectivity index (χ3v) is 8.98. The van der Waals surface area contributed by atoms with Crippen LogP contribution in [-0.4, -0.2) is 66.0 Å². The molecule has 1 spiro atoms. The minimum absolute atomic E-state index is 0.0326. The summed E-state index contributed by atoms with van der Waals surface area (Å²) in [6, 6.07) is 5.03. The molecular weight excluding hydrogens is 640 g/mol. The Balaban J connectivity index is 1.40. The third kappa shape index (κ3) is 7.06. The van der Waals surface area contributed by atoms with E-state index in [0.717, 1.165) is 22.8 Å². The Kier molecular flexibility index (Phi) is 8.28. The molecule has 2 amide bonds. The number of aryl methyl sites for hydroxylation is 1. The van der Waals surface area contributed by atoms with Crippen LogP contribution in [0.1, 0.15) is 46.4 Å². The van der Waals surface area contributed by atoms with Gasteiger partial charge < -0.3 is 20.7 Å². The van der Waals surface area contributed by atoms with Crippen molar-refractivity contribution in [1.29, 1.82) is 0 Å². The van der Waals surface area contributed by atoms with E-state index in [4.69, 9.17) is 4.74 Å². The molecule has 0 fully saturated rings. The van der Waals surface area contributed by atoms with Gasteiger partial charge in [-0.3, -0.25) is 9.59 Å². The SMILES string of the molecule is CS(=O)(=O)CC(=O)Nc1c2c(nn1CC1=[SH]C=C(C(F)(F)F)N1)C[C@]1(CCc3cc(OCCCC(F)(F)F)ccc31)NC2=O. The minimum atomic E-state index is -4.61. The van der Waals surface area contributed by atoms with Gasteiger partial charge in [0, 0.05) is 19.1 Å². The van der Waals surface area contributed by atoms with Gasteiger partial charge in [0.2, 0.25) is 5.91 Å². The number of aromatic nitrogens is 2. The van der Waals surface area contributed by atoms with Gasteiger partial charge in [0.25, 0.3) is 5.91 Å². The molecule has 2 aliphatic heterocycles. The van der Waals surface area contributed by atoms with Gasteiger partial charge in [-0.2, -0.15) is 42.8 Å². The maximum absolute atomic E-state index is 13.6. The molecule has 0 radical (unpaired) electrons. The van der Waals surface area contributed by atoms with Crippen molar-refractivity contribution in [2.75, 3.05) is 23.9 Å². The highest BCUT2D eigenvalue weighted by molar-refractivity contribution is 8.01. The topological polar surface area (TPSA) is 131 Å². The Morgan fingerprint density at radius 1 is 1.23 bits per heavy atom. The normalized spacial score (nSPS) is 19.8. The van der Waals surface area contributed by atoms with Crippen molar-refractivity contribution >= 4 is 43.8 Å². The lowest BCUT2D eigenvalue weighted by Gasteiger charge is -2.35. The van der Waals surface area contributed by atoms with Crippen LogP contribution in [0.5, 0.6) is 5.75 Å². The first-order valence-corrected chi connectivity index (χ1v) is 16.3. The highest BCUT2D eigenvalue weighted by Crippen LogP contribution is 2.44. The lowest BCUT2D eigenvalue weighted by molar-refractivity contribution is -0.136. The lowest BCUT2D eigenvalue weighted by atomic mass is 9.82. The second kappa shape index (κ2) is 11.4. The van der Waals surface area contributed by atoms with Crippen molar-refractivity contribution in [2.45, 2.75) is 56.5 Å². The summed E-state index contributed by atoms with van der Waals surface area (Å²) in [6.45, 7) is -0.382. The number of halogens is 6. The molecule has 10 nitrogen and oxygen atoms in total. The van der Waals surface area contributed by atoms with E-state index in [-0.39, 0.29) is 59.4 Å². The molecule has 1 aliphatic carbocycles. The van der Waals surface area contributed by atoms with E-state index >= 15 is 0 Å². The van der Waals surface area contributed by atoms with E-state index < -0.39 is 57.4 Å². The van der Waals surface area contributed by atoms with Crippen LogP contribution >= 0.6 is 11.4 Å². The Bertz CT molecular complexity index is 1680. The van der Waals surface area contributed by atoms with Crippen LogP contribution in [0.25, 0.3) is 0 Å². The molecule has 0 saturated heterocycles. The van der Waals surface area contributed by atoms with Gasteiger partial charge in [-0.15, -0.1) is 0 Å². The van der Waals surface area contributed by atoms with Crippen LogP contribution in [0.15, 0.2) is 29.3 Å². The fourth-order valence-electron chi connectivity index (χ4n) is 5.45. The molecule has 0 bridgehead atoms. The largest absolute Gasteiger partial charge is 0.494 e. The van der Waals surface area contributed by atoms with E-state index in [1.807, 2.05) is 0 Å². The van der Waals surface area contributed by atoms with Crippen molar-refractivity contribution < 1.29 is 49.1 Å². The molecule has 18 heteroatoms. The number of fused-ring (bicyclic) bond motifs is 3. The summed E-state index contributed by atoms with van der Waals surface area (Å²) in [5.74, 6) is -2.22. The number of amides is 2. The predicted octanol–water partition coefficient (Wildman–Crippen LogP) is 3.32. The van der Waals surface area contributed by atoms with Crippen LogP contribution < -0.4 is 20.7 Å². The lowest BCUT2D eigenvalue weighted by Crippen LogP contribution is -2.49. The number of ether oxygens (including phenoxy) is 1. The standard InChI is InChI=1S/C26H27F6N5O5S2/c1-44(40,41)13-19(38)34-22-21-17(36-37(22)11-20-33-18(12-43-20)26(30,31)32)10-24(35-23(21)39)7-5-14-9-15(3-4-16(14)24)42-8-2-6-25(27,28)29/h3-4,9,12,33,43H,2,5-8,10-11,13H2,1H3,(H,34,38)(H,35,39)/t24-/m0/s1. The number of sulfone groups is 1. The molecule has 1 aromatic heterocycles. The first-order valence-electron chi connectivity index (χ1n) is 13.3. The van der Waals surface area contributed by atoms with Crippen LogP contribution in [0.3, 0.4) is 0 Å². The molecule has 44 heavy (non-hydrogen) atoms. The van der Waals surface area contributed by atoms with Crippen LogP contribution in [-0.2, 0) is 39.6 Å². The number of nitrogens with zero attached hydrogens (tertiary/aromatic N) is 2. The van der Waals surface area contributed by atoms with Crippen molar-refractivity contribution in [1.82, 2.24) is 20.4 Å². The minimum Gasteiger partial charge on any atom is -0.494 e. The molecule has 0 unspecified atom stereocenters. The average Bonchev–Trinajstić information content (AvgIpc) is 3.57. The molecular formula is C26H27F6N5O5S2. The summed E-state index contributed by atoms with van der Waals surface area (Å²) in [7, 11) is -3.74. The zero-order valence-electron chi connectivity index (χ0n) is 23.0. The zero-order valence-corrected chi connectivity index (χ0v) is 24.7. The molecule has 3 N–H and O–H groups in total. The summed E-state index contributed by atoms with van der Waals surface area (Å²) in [5.41, 5.74) is -0.0857. The Morgan fingerprint density at radius 3 is 2.64 bits per heavy atom. The zero-order chi connectivity index (χ0) is 32.1. The number of hydrogen-bond donors (Lipinski definition) is 4. The number of thiol groups is 1. The number of anilines is 1. The Labute approximate surface area is 251 Å². The summed E-state index contributed by atoms with van der Waals surface area (Å²) in [4.78, 5) is 26.3. The van der Waals surface area contributed by atoms with Gasteiger partial charge in [0.1, 0.15) is 28.6 Å². The fourth-order valence-corrected chi connectivity index (χ4v) is 6.90. The maximum Gasteiger partial charge on any atom is 0.431 e. The van der Waals surface area contributed by atoms with Gasteiger partial charge in [-0.1, -0.05) is 6.07 Å². The predicted molar refractivity (Wildman–Crippen MR) is 150 cm³/mol. The molecule has 1 atom stereocenters. The number of carbonyl (C=O) groups excluding carboxylic acids is 2. The van der Waals surface area contributed by atoms with Crippen molar-refractivity contribution in [3.05, 3.63) is 51.7 Å². The van der Waals surface area contributed by atoms with E-state index in [0.29, 0.717) is 18.6 Å². The maximum atomic E-state index is 13.6. The number of hydrogen-bond acceptors (Lipinski definition) is 7. The van der Waals surface area contributed by atoms with Gasteiger partial charge in [-0.25, -0.2) is 13.1 Å². The van der Waals surface area contributed by atoms with Gasteiger partial charge >= 0.3 is 12.4 Å². The van der Waals surface area contributed by atoms with Crippen molar-refractivity contribution in [2.24, 2.45) is 0 Å². The van der Waals surface area contributed by atoms with E-state index in [1.165, 1.54) is 4.68 Å². The molecule has 1 aromatic carbocycles. The number of alkyl halides is 6. The first-order chi connectivity index (χ1) is 20.4. The van der Waals surface area contributed by atoms with Crippen LogP contribution in [0, 0.1) is 0 Å². The summed E-state index contributed by atoms with van der Waals surface area (Å²) in [6.07, 6.45) is -8.08. The number of carbonyl (C=O) groups is 2. The number of nitrogens with one attached hydrogen (secondary N) is 3. The smallest absolute Gasteiger partial charge is 0.431 e. The molecule has 2 aromatic rings. The quantitative estimate of drug-likeness (QED) is 0.140. The molecule has 3 heterocycles. The van der Waals surface area contributed by atoms with Crippen molar-refractivity contribution in [3.8, 4) is 5.75 Å². The van der Waals surface area contributed by atoms with E-state index in [9.17, 15) is 44.3 Å². The monoisotopic (exact) mass is 667 g/mol. The average molecular weight is 668 g/mol. The van der Waals surface area contributed by atoms with Crippen LogP contribution in [0.2, 0.25) is 0 Å². The van der Waals surface area contributed by atoms with Gasteiger partial charge in [-0.05, 0) is 47.9 Å². The summed E-state index contributed by atoms with van der Waals surface area (Å²) >= 11 is 0.198. The summed E-state index contributed by atoms with van der Waals surface area (Å²) < 4.78 is 107. The third-order valence-electron chi connectivity index (χ3n) is 7.25. The number of rotatable bonds is 9. The summed E-state index contributed by atoms with van der Waals surface area (Å²) in [5, 5.41) is 13.1. The van der Waals surface area contributed by atoms with Crippen molar-refractivity contribution in [3.63, 3.8) is 0 Å². The molecule has 0 saturated carbocycles. The van der Waals surface area contributed by atoms with E-state index in [1.54, 1.807) is 18.2 Å².